The second kappa shape index (κ2) is 11.2. The third kappa shape index (κ3) is 6.75. The molecular formula is C26H30N4O2. The maximum atomic E-state index is 12.6. The van der Waals surface area contributed by atoms with Crippen molar-refractivity contribution in [2.24, 2.45) is 0 Å². The molecular weight excluding hydrogens is 400 g/mol. The van der Waals surface area contributed by atoms with E-state index in [0.717, 1.165) is 18.4 Å². The normalized spacial score (nSPS) is 11.6. The van der Waals surface area contributed by atoms with Crippen molar-refractivity contribution in [3.05, 3.63) is 95.3 Å². The standard InChI is InChI=1S/C26H30N4O2/c1-19(12-13-20-9-5-4-6-10-20)28-18-21-15-22(26(32)30(2)3)17-23(16-21)29-25(31)24-11-7-8-14-27-24/h4-11,14-17,19,28H,12-13,18H2,1-3H3,(H,29,31)/t19-/m1/s1. The molecule has 0 saturated heterocycles. The molecule has 2 aromatic carbocycles. The van der Waals surface area contributed by atoms with Crippen molar-refractivity contribution in [2.45, 2.75) is 32.4 Å². The van der Waals surface area contributed by atoms with Gasteiger partial charge in [0, 0.05) is 44.1 Å². The molecule has 2 N–H and O–H groups in total. The number of nitrogens with zero attached hydrogens (tertiary/aromatic N) is 2. The minimum Gasteiger partial charge on any atom is -0.345 e. The van der Waals surface area contributed by atoms with Gasteiger partial charge >= 0.3 is 0 Å². The number of pyridine rings is 1. The summed E-state index contributed by atoms with van der Waals surface area (Å²) < 4.78 is 0. The van der Waals surface area contributed by atoms with Gasteiger partial charge in [-0.3, -0.25) is 14.6 Å². The average molecular weight is 431 g/mol. The van der Waals surface area contributed by atoms with Gasteiger partial charge in [-0.1, -0.05) is 36.4 Å². The van der Waals surface area contributed by atoms with Gasteiger partial charge in [0.15, 0.2) is 0 Å². The quantitative estimate of drug-likeness (QED) is 0.535. The van der Waals surface area contributed by atoms with Crippen LogP contribution < -0.4 is 10.6 Å². The number of hydrogen-bond acceptors (Lipinski definition) is 4. The van der Waals surface area contributed by atoms with Crippen LogP contribution in [0.3, 0.4) is 0 Å². The molecule has 6 nitrogen and oxygen atoms in total. The van der Waals surface area contributed by atoms with Crippen LogP contribution >= 0.6 is 0 Å². The van der Waals surface area contributed by atoms with E-state index in [1.54, 1.807) is 44.6 Å². The van der Waals surface area contributed by atoms with Crippen LogP contribution in [-0.2, 0) is 13.0 Å². The Hall–Kier alpha value is -3.51. The SMILES string of the molecule is C[C@H](CCc1ccccc1)NCc1cc(NC(=O)c2ccccn2)cc(C(=O)N(C)C)c1. The summed E-state index contributed by atoms with van der Waals surface area (Å²) in [5, 5.41) is 6.39. The summed E-state index contributed by atoms with van der Waals surface area (Å²) in [6.07, 6.45) is 3.58. The predicted octanol–water partition coefficient (Wildman–Crippen LogP) is 4.15. The Labute approximate surface area is 189 Å². The molecule has 3 rings (SSSR count). The van der Waals surface area contributed by atoms with Crippen LogP contribution in [0.5, 0.6) is 0 Å². The number of aromatic nitrogens is 1. The minimum atomic E-state index is -0.310. The smallest absolute Gasteiger partial charge is 0.274 e. The summed E-state index contributed by atoms with van der Waals surface area (Å²) in [7, 11) is 3.43. The van der Waals surface area contributed by atoms with Crippen molar-refractivity contribution < 1.29 is 9.59 Å². The number of rotatable bonds is 9. The molecule has 0 aliphatic heterocycles. The van der Waals surface area contributed by atoms with E-state index in [1.165, 1.54) is 10.5 Å². The van der Waals surface area contributed by atoms with Gasteiger partial charge in [-0.15, -0.1) is 0 Å². The number of benzene rings is 2. The molecule has 3 aromatic rings. The fraction of sp³-hybridized carbons (Fsp3) is 0.269. The molecule has 166 valence electrons. The fourth-order valence-corrected chi connectivity index (χ4v) is 3.36. The van der Waals surface area contributed by atoms with Crippen LogP contribution in [0, 0.1) is 0 Å². The van der Waals surface area contributed by atoms with Crippen molar-refractivity contribution in [2.75, 3.05) is 19.4 Å². The Bertz CT molecular complexity index is 1040. The Morgan fingerprint density at radius 1 is 0.969 bits per heavy atom. The van der Waals surface area contributed by atoms with E-state index in [4.69, 9.17) is 0 Å². The first-order valence-electron chi connectivity index (χ1n) is 10.8. The summed E-state index contributed by atoms with van der Waals surface area (Å²) in [5.41, 5.74) is 3.68. The van der Waals surface area contributed by atoms with Crippen LogP contribution in [0.15, 0.2) is 72.9 Å². The van der Waals surface area contributed by atoms with Gasteiger partial charge < -0.3 is 15.5 Å². The Balaban J connectivity index is 1.69. The van der Waals surface area contributed by atoms with Crippen LogP contribution in [0.2, 0.25) is 0 Å². The number of hydrogen-bond donors (Lipinski definition) is 2. The van der Waals surface area contributed by atoms with E-state index in [1.807, 2.05) is 18.2 Å². The maximum Gasteiger partial charge on any atom is 0.274 e. The van der Waals surface area contributed by atoms with Crippen LogP contribution in [0.4, 0.5) is 5.69 Å². The highest BCUT2D eigenvalue weighted by atomic mass is 16.2. The molecule has 2 amide bonds. The molecule has 1 aromatic heterocycles. The summed E-state index contributed by atoms with van der Waals surface area (Å²) in [6, 6.07) is 21.4. The molecule has 0 spiro atoms. The third-order valence-electron chi connectivity index (χ3n) is 5.16. The topological polar surface area (TPSA) is 74.3 Å². The zero-order chi connectivity index (χ0) is 22.9. The summed E-state index contributed by atoms with van der Waals surface area (Å²) in [6.45, 7) is 2.75. The summed E-state index contributed by atoms with van der Waals surface area (Å²) in [5.74, 6) is -0.424. The van der Waals surface area contributed by atoms with Crippen molar-refractivity contribution >= 4 is 17.5 Å². The van der Waals surface area contributed by atoms with Gasteiger partial charge in [0.25, 0.3) is 11.8 Å². The molecule has 1 heterocycles. The van der Waals surface area contributed by atoms with Crippen molar-refractivity contribution in [1.82, 2.24) is 15.2 Å². The molecule has 32 heavy (non-hydrogen) atoms. The lowest BCUT2D eigenvalue weighted by molar-refractivity contribution is 0.0827. The van der Waals surface area contributed by atoms with E-state index in [2.05, 4.69) is 46.8 Å². The Kier molecular flexibility index (Phi) is 8.11. The summed E-state index contributed by atoms with van der Waals surface area (Å²) in [4.78, 5) is 30.7. The van der Waals surface area contributed by atoms with Crippen molar-refractivity contribution in [3.8, 4) is 0 Å². The number of aryl methyl sites for hydroxylation is 1. The third-order valence-corrected chi connectivity index (χ3v) is 5.16. The zero-order valence-corrected chi connectivity index (χ0v) is 18.8. The monoisotopic (exact) mass is 430 g/mol. The first kappa shape index (κ1) is 23.2. The van der Waals surface area contributed by atoms with E-state index in [9.17, 15) is 9.59 Å². The van der Waals surface area contributed by atoms with Gasteiger partial charge in [-0.2, -0.15) is 0 Å². The van der Waals surface area contributed by atoms with Gasteiger partial charge in [0.2, 0.25) is 0 Å². The van der Waals surface area contributed by atoms with E-state index in [0.29, 0.717) is 29.5 Å². The number of nitrogens with one attached hydrogen (secondary N) is 2. The highest BCUT2D eigenvalue weighted by molar-refractivity contribution is 6.04. The molecule has 1 atom stereocenters. The number of carbonyl (C=O) groups is 2. The second-order valence-electron chi connectivity index (χ2n) is 8.09. The minimum absolute atomic E-state index is 0.114. The lowest BCUT2D eigenvalue weighted by atomic mass is 10.0. The van der Waals surface area contributed by atoms with Crippen LogP contribution in [-0.4, -0.2) is 41.8 Å². The van der Waals surface area contributed by atoms with Gasteiger partial charge in [0.05, 0.1) is 0 Å². The largest absolute Gasteiger partial charge is 0.345 e. The molecule has 0 aliphatic carbocycles. The Morgan fingerprint density at radius 3 is 2.41 bits per heavy atom. The number of anilines is 1. The molecule has 6 heteroatoms. The molecule has 0 fully saturated rings. The number of amides is 2. The van der Waals surface area contributed by atoms with Crippen molar-refractivity contribution in [3.63, 3.8) is 0 Å². The maximum absolute atomic E-state index is 12.6. The van der Waals surface area contributed by atoms with Gasteiger partial charge in [-0.25, -0.2) is 0 Å². The first-order chi connectivity index (χ1) is 15.4. The highest BCUT2D eigenvalue weighted by Crippen LogP contribution is 2.18. The van der Waals surface area contributed by atoms with E-state index < -0.39 is 0 Å². The molecule has 0 saturated carbocycles. The van der Waals surface area contributed by atoms with Gasteiger partial charge in [-0.05, 0) is 61.2 Å². The average Bonchev–Trinajstić information content (AvgIpc) is 2.82. The lowest BCUT2D eigenvalue weighted by Crippen LogP contribution is -2.27. The fourth-order valence-electron chi connectivity index (χ4n) is 3.36. The van der Waals surface area contributed by atoms with Crippen LogP contribution in [0.25, 0.3) is 0 Å². The zero-order valence-electron chi connectivity index (χ0n) is 18.8. The molecule has 0 aliphatic rings. The van der Waals surface area contributed by atoms with E-state index in [-0.39, 0.29) is 11.8 Å². The molecule has 0 unspecified atom stereocenters. The Morgan fingerprint density at radius 2 is 1.72 bits per heavy atom. The lowest BCUT2D eigenvalue weighted by Gasteiger charge is -2.17. The highest BCUT2D eigenvalue weighted by Gasteiger charge is 2.14. The predicted molar refractivity (Wildman–Crippen MR) is 128 cm³/mol. The van der Waals surface area contributed by atoms with Gasteiger partial charge in [0.1, 0.15) is 5.69 Å². The van der Waals surface area contributed by atoms with E-state index >= 15 is 0 Å². The number of carbonyl (C=O) groups excluding carboxylic acids is 2. The molecule has 0 radical (unpaired) electrons. The first-order valence-corrected chi connectivity index (χ1v) is 10.8. The molecule has 0 bridgehead atoms. The van der Waals surface area contributed by atoms with Crippen LogP contribution in [0.1, 0.15) is 45.3 Å². The van der Waals surface area contributed by atoms with Crippen molar-refractivity contribution in [1.29, 1.82) is 0 Å². The second-order valence-corrected chi connectivity index (χ2v) is 8.09. The summed E-state index contributed by atoms with van der Waals surface area (Å²) >= 11 is 0.